The van der Waals surface area contributed by atoms with Crippen LogP contribution in [0, 0.1) is 6.92 Å². The SMILES string of the molecule is Cc1cccc(CNC(=O)C(=O)N2CCN(Cc3ccc4c(c3)OCO4)CC2)c1. The molecule has 1 fully saturated rings. The Hall–Kier alpha value is -3.06. The third-order valence-electron chi connectivity index (χ3n) is 5.23. The first-order valence-corrected chi connectivity index (χ1v) is 9.82. The van der Waals surface area contributed by atoms with Crippen molar-refractivity contribution in [3.63, 3.8) is 0 Å². The van der Waals surface area contributed by atoms with Gasteiger partial charge in [0.05, 0.1) is 0 Å². The number of piperazine rings is 1. The van der Waals surface area contributed by atoms with E-state index in [0.29, 0.717) is 19.6 Å². The van der Waals surface area contributed by atoms with Gasteiger partial charge in [0.25, 0.3) is 0 Å². The van der Waals surface area contributed by atoms with Gasteiger partial charge in [0.2, 0.25) is 6.79 Å². The molecule has 1 saturated heterocycles. The molecule has 7 nitrogen and oxygen atoms in total. The van der Waals surface area contributed by atoms with Crippen LogP contribution in [0.5, 0.6) is 11.5 Å². The van der Waals surface area contributed by atoms with E-state index in [1.54, 1.807) is 4.90 Å². The van der Waals surface area contributed by atoms with E-state index in [9.17, 15) is 9.59 Å². The zero-order chi connectivity index (χ0) is 20.2. The standard InChI is InChI=1S/C22H25N3O4/c1-16-3-2-4-17(11-16)13-23-21(26)22(27)25-9-7-24(8-10-25)14-18-5-6-19-20(12-18)29-15-28-19/h2-6,11-12H,7-10,13-15H2,1H3,(H,23,26). The average molecular weight is 395 g/mol. The summed E-state index contributed by atoms with van der Waals surface area (Å²) in [7, 11) is 0. The molecule has 0 atom stereocenters. The fraction of sp³-hybridized carbons (Fsp3) is 0.364. The normalized spacial score (nSPS) is 16.0. The lowest BCUT2D eigenvalue weighted by atomic mass is 10.1. The topological polar surface area (TPSA) is 71.1 Å². The maximum absolute atomic E-state index is 12.4. The van der Waals surface area contributed by atoms with E-state index in [1.807, 2.05) is 49.4 Å². The van der Waals surface area contributed by atoms with Gasteiger partial charge in [0.1, 0.15) is 0 Å². The lowest BCUT2D eigenvalue weighted by molar-refractivity contribution is -0.147. The fourth-order valence-corrected chi connectivity index (χ4v) is 3.63. The van der Waals surface area contributed by atoms with Crippen LogP contribution < -0.4 is 14.8 Å². The van der Waals surface area contributed by atoms with Crippen LogP contribution in [0.2, 0.25) is 0 Å². The van der Waals surface area contributed by atoms with Gasteiger partial charge < -0.3 is 19.7 Å². The second-order valence-electron chi connectivity index (χ2n) is 7.43. The highest BCUT2D eigenvalue weighted by Gasteiger charge is 2.26. The summed E-state index contributed by atoms with van der Waals surface area (Å²) in [6, 6.07) is 13.8. The van der Waals surface area contributed by atoms with Crippen LogP contribution in [-0.2, 0) is 22.7 Å². The van der Waals surface area contributed by atoms with Crippen molar-refractivity contribution in [1.29, 1.82) is 0 Å². The van der Waals surface area contributed by atoms with Crippen LogP contribution in [0.4, 0.5) is 0 Å². The molecule has 2 aromatic carbocycles. The molecule has 0 saturated carbocycles. The number of benzene rings is 2. The van der Waals surface area contributed by atoms with Crippen molar-refractivity contribution in [2.24, 2.45) is 0 Å². The highest BCUT2D eigenvalue weighted by molar-refractivity contribution is 6.35. The number of carbonyl (C=O) groups excluding carboxylic acids is 2. The Morgan fingerprint density at radius 2 is 1.76 bits per heavy atom. The number of hydrogen-bond donors (Lipinski definition) is 1. The lowest BCUT2D eigenvalue weighted by Gasteiger charge is -2.34. The van der Waals surface area contributed by atoms with Crippen molar-refractivity contribution in [1.82, 2.24) is 15.1 Å². The van der Waals surface area contributed by atoms with Gasteiger partial charge in [-0.1, -0.05) is 35.9 Å². The summed E-state index contributed by atoms with van der Waals surface area (Å²) in [6.45, 7) is 5.94. The molecule has 0 radical (unpaired) electrons. The molecule has 2 heterocycles. The number of hydrogen-bond acceptors (Lipinski definition) is 5. The predicted octanol–water partition coefficient (Wildman–Crippen LogP) is 1.68. The maximum Gasteiger partial charge on any atom is 0.311 e. The Bertz CT molecular complexity index is 907. The van der Waals surface area contributed by atoms with Gasteiger partial charge in [-0.15, -0.1) is 0 Å². The molecule has 2 aliphatic rings. The molecular weight excluding hydrogens is 370 g/mol. The fourth-order valence-electron chi connectivity index (χ4n) is 3.63. The van der Waals surface area contributed by atoms with Crippen LogP contribution in [0.1, 0.15) is 16.7 Å². The number of nitrogens with one attached hydrogen (secondary N) is 1. The minimum atomic E-state index is -0.546. The number of carbonyl (C=O) groups is 2. The van der Waals surface area contributed by atoms with Crippen molar-refractivity contribution < 1.29 is 19.1 Å². The van der Waals surface area contributed by atoms with Crippen molar-refractivity contribution in [3.8, 4) is 11.5 Å². The van der Waals surface area contributed by atoms with Crippen LogP contribution in [-0.4, -0.2) is 54.6 Å². The number of ether oxygens (including phenoxy) is 2. The molecule has 7 heteroatoms. The summed E-state index contributed by atoms with van der Waals surface area (Å²) in [5.41, 5.74) is 3.26. The number of fused-ring (bicyclic) bond motifs is 1. The van der Waals surface area contributed by atoms with Crippen LogP contribution in [0.15, 0.2) is 42.5 Å². The van der Waals surface area contributed by atoms with Gasteiger partial charge in [-0.2, -0.15) is 0 Å². The van der Waals surface area contributed by atoms with Crippen molar-refractivity contribution in [2.75, 3.05) is 33.0 Å². The van der Waals surface area contributed by atoms with E-state index in [-0.39, 0.29) is 6.79 Å². The predicted molar refractivity (Wildman–Crippen MR) is 107 cm³/mol. The number of nitrogens with zero attached hydrogens (tertiary/aromatic N) is 2. The minimum Gasteiger partial charge on any atom is -0.454 e. The molecule has 0 unspecified atom stereocenters. The van der Waals surface area contributed by atoms with Gasteiger partial charge in [-0.3, -0.25) is 14.5 Å². The maximum atomic E-state index is 12.4. The molecule has 2 aliphatic heterocycles. The van der Waals surface area contributed by atoms with E-state index < -0.39 is 11.8 Å². The van der Waals surface area contributed by atoms with Crippen LogP contribution in [0.3, 0.4) is 0 Å². The van der Waals surface area contributed by atoms with Crippen LogP contribution in [0.25, 0.3) is 0 Å². The largest absolute Gasteiger partial charge is 0.454 e. The molecule has 0 aliphatic carbocycles. The lowest BCUT2D eigenvalue weighted by Crippen LogP contribution is -2.52. The van der Waals surface area contributed by atoms with Crippen molar-refractivity contribution >= 4 is 11.8 Å². The molecule has 2 amide bonds. The quantitative estimate of drug-likeness (QED) is 0.798. The van der Waals surface area contributed by atoms with E-state index in [1.165, 1.54) is 0 Å². The molecule has 0 aromatic heterocycles. The summed E-state index contributed by atoms with van der Waals surface area (Å²) < 4.78 is 10.8. The van der Waals surface area contributed by atoms with Crippen molar-refractivity contribution in [3.05, 3.63) is 59.2 Å². The monoisotopic (exact) mass is 395 g/mol. The molecule has 152 valence electrons. The Balaban J connectivity index is 1.24. The zero-order valence-corrected chi connectivity index (χ0v) is 16.5. The molecule has 4 rings (SSSR count). The first-order chi connectivity index (χ1) is 14.1. The molecular formula is C22H25N3O4. The van der Waals surface area contributed by atoms with E-state index in [0.717, 1.165) is 47.8 Å². The summed E-state index contributed by atoms with van der Waals surface area (Å²) in [5, 5.41) is 2.73. The average Bonchev–Trinajstić information content (AvgIpc) is 3.20. The second kappa shape index (κ2) is 8.53. The summed E-state index contributed by atoms with van der Waals surface area (Å²) in [4.78, 5) is 28.6. The molecule has 0 bridgehead atoms. The highest BCUT2D eigenvalue weighted by Crippen LogP contribution is 2.32. The third-order valence-corrected chi connectivity index (χ3v) is 5.23. The number of aryl methyl sites for hydroxylation is 1. The Morgan fingerprint density at radius 1 is 0.966 bits per heavy atom. The van der Waals surface area contributed by atoms with Crippen LogP contribution >= 0.6 is 0 Å². The second-order valence-corrected chi connectivity index (χ2v) is 7.43. The first-order valence-electron chi connectivity index (χ1n) is 9.82. The highest BCUT2D eigenvalue weighted by atomic mass is 16.7. The summed E-state index contributed by atoms with van der Waals surface area (Å²) in [6.07, 6.45) is 0. The van der Waals surface area contributed by atoms with Crippen molar-refractivity contribution in [2.45, 2.75) is 20.0 Å². The van der Waals surface area contributed by atoms with Gasteiger partial charge in [-0.25, -0.2) is 0 Å². The van der Waals surface area contributed by atoms with E-state index in [2.05, 4.69) is 10.2 Å². The first kappa shape index (κ1) is 19.3. The smallest absolute Gasteiger partial charge is 0.311 e. The van der Waals surface area contributed by atoms with Gasteiger partial charge in [-0.05, 0) is 30.2 Å². The Labute approximate surface area is 170 Å². The van der Waals surface area contributed by atoms with Gasteiger partial charge >= 0.3 is 11.8 Å². The number of rotatable bonds is 4. The molecule has 1 N–H and O–H groups in total. The molecule has 2 aromatic rings. The summed E-state index contributed by atoms with van der Waals surface area (Å²) in [5.74, 6) is 0.554. The zero-order valence-electron chi connectivity index (χ0n) is 16.5. The van der Waals surface area contributed by atoms with E-state index in [4.69, 9.17) is 9.47 Å². The van der Waals surface area contributed by atoms with E-state index >= 15 is 0 Å². The number of amides is 2. The van der Waals surface area contributed by atoms with Gasteiger partial charge in [0, 0.05) is 39.3 Å². The Kier molecular flexibility index (Phi) is 5.67. The third kappa shape index (κ3) is 4.68. The minimum absolute atomic E-state index is 0.269. The molecule has 0 spiro atoms. The van der Waals surface area contributed by atoms with Gasteiger partial charge in [0.15, 0.2) is 11.5 Å². The Morgan fingerprint density at radius 3 is 2.55 bits per heavy atom. The molecule has 29 heavy (non-hydrogen) atoms. The summed E-state index contributed by atoms with van der Waals surface area (Å²) >= 11 is 0.